The van der Waals surface area contributed by atoms with E-state index in [9.17, 15) is 14.9 Å². The van der Waals surface area contributed by atoms with Crippen LogP contribution in [0.1, 0.15) is 12.5 Å². The first-order valence-electron chi connectivity index (χ1n) is 9.02. The van der Waals surface area contributed by atoms with E-state index in [-0.39, 0.29) is 11.6 Å². The van der Waals surface area contributed by atoms with E-state index in [1.807, 2.05) is 24.3 Å². The molecule has 1 fully saturated rings. The second-order valence-corrected chi connectivity index (χ2v) is 6.45. The van der Waals surface area contributed by atoms with Crippen LogP contribution in [0.5, 0.6) is 0 Å². The lowest BCUT2D eigenvalue weighted by atomic mass is 10.1. The molecule has 1 aromatic carbocycles. The molecule has 0 bridgehead atoms. The molecule has 8 nitrogen and oxygen atoms in total. The minimum absolute atomic E-state index is 0.0126. The van der Waals surface area contributed by atoms with Crippen LogP contribution in [0.4, 0.5) is 17.2 Å². The van der Waals surface area contributed by atoms with Crippen molar-refractivity contribution < 1.29 is 9.72 Å². The molecule has 3 rings (SSSR count). The van der Waals surface area contributed by atoms with E-state index >= 15 is 0 Å². The summed E-state index contributed by atoms with van der Waals surface area (Å²) in [6.07, 6.45) is 2.15. The molecule has 1 aliphatic rings. The zero-order chi connectivity index (χ0) is 19.2. The SMILES string of the molecule is CCc1ccccc1NC(=O)CN1CCN(c2ccc([N+](=O)[O-])cn2)CC1. The molecule has 1 amide bonds. The van der Waals surface area contributed by atoms with Gasteiger partial charge in [0.25, 0.3) is 5.69 Å². The van der Waals surface area contributed by atoms with Crippen molar-refractivity contribution in [2.24, 2.45) is 0 Å². The third-order valence-electron chi connectivity index (χ3n) is 4.68. The number of rotatable bonds is 6. The number of aryl methyl sites for hydroxylation is 1. The number of amides is 1. The molecule has 1 N–H and O–H groups in total. The summed E-state index contributed by atoms with van der Waals surface area (Å²) in [6, 6.07) is 11.0. The maximum Gasteiger partial charge on any atom is 0.287 e. The molecule has 0 atom stereocenters. The summed E-state index contributed by atoms with van der Waals surface area (Å²) in [7, 11) is 0. The van der Waals surface area contributed by atoms with Gasteiger partial charge in [-0.2, -0.15) is 0 Å². The molecule has 0 radical (unpaired) electrons. The highest BCUT2D eigenvalue weighted by Gasteiger charge is 2.20. The standard InChI is InChI=1S/C19H23N5O3/c1-2-15-5-3-4-6-17(15)21-19(25)14-22-9-11-23(12-10-22)18-8-7-16(13-20-18)24(26)27/h3-8,13H,2,9-12,14H2,1H3,(H,21,25). The van der Waals surface area contributed by atoms with Crippen molar-refractivity contribution in [3.63, 3.8) is 0 Å². The minimum Gasteiger partial charge on any atom is -0.354 e. The molecule has 8 heteroatoms. The number of hydrogen-bond donors (Lipinski definition) is 1. The van der Waals surface area contributed by atoms with E-state index in [0.29, 0.717) is 6.54 Å². The lowest BCUT2D eigenvalue weighted by molar-refractivity contribution is -0.385. The summed E-state index contributed by atoms with van der Waals surface area (Å²) in [5.41, 5.74) is 1.99. The normalized spacial score (nSPS) is 14.8. The number of nitrogens with one attached hydrogen (secondary N) is 1. The molecule has 0 spiro atoms. The Labute approximate surface area is 158 Å². The topological polar surface area (TPSA) is 91.6 Å². The quantitative estimate of drug-likeness (QED) is 0.621. The monoisotopic (exact) mass is 369 g/mol. The Bertz CT molecular complexity index is 801. The third-order valence-corrected chi connectivity index (χ3v) is 4.68. The fourth-order valence-corrected chi connectivity index (χ4v) is 3.15. The van der Waals surface area contributed by atoms with Crippen molar-refractivity contribution in [3.05, 3.63) is 58.3 Å². The predicted octanol–water partition coefficient (Wildman–Crippen LogP) is 2.31. The van der Waals surface area contributed by atoms with Gasteiger partial charge >= 0.3 is 0 Å². The smallest absolute Gasteiger partial charge is 0.287 e. The van der Waals surface area contributed by atoms with Crippen molar-refractivity contribution >= 4 is 23.1 Å². The number of piperazine rings is 1. The van der Waals surface area contributed by atoms with Gasteiger partial charge in [-0.3, -0.25) is 19.8 Å². The first-order chi connectivity index (χ1) is 13.1. The lowest BCUT2D eigenvalue weighted by Crippen LogP contribution is -2.48. The predicted molar refractivity (Wildman–Crippen MR) is 104 cm³/mol. The van der Waals surface area contributed by atoms with Crippen LogP contribution in [0.15, 0.2) is 42.6 Å². The van der Waals surface area contributed by atoms with Crippen LogP contribution in [0.3, 0.4) is 0 Å². The Hall–Kier alpha value is -3.00. The van der Waals surface area contributed by atoms with Gasteiger partial charge in [-0.1, -0.05) is 25.1 Å². The highest BCUT2D eigenvalue weighted by Crippen LogP contribution is 2.18. The van der Waals surface area contributed by atoms with Crippen molar-refractivity contribution in [1.82, 2.24) is 9.88 Å². The summed E-state index contributed by atoms with van der Waals surface area (Å²) in [6.45, 7) is 5.34. The molecule has 1 aliphatic heterocycles. The number of para-hydroxylation sites is 1. The molecule has 0 aliphatic carbocycles. The van der Waals surface area contributed by atoms with Gasteiger partial charge in [0.05, 0.1) is 11.5 Å². The van der Waals surface area contributed by atoms with Gasteiger partial charge in [-0.15, -0.1) is 0 Å². The number of carbonyl (C=O) groups is 1. The number of nitrogens with zero attached hydrogens (tertiary/aromatic N) is 4. The van der Waals surface area contributed by atoms with E-state index in [2.05, 4.69) is 27.0 Å². The molecular formula is C19H23N5O3. The van der Waals surface area contributed by atoms with E-state index in [1.165, 1.54) is 12.3 Å². The lowest BCUT2D eigenvalue weighted by Gasteiger charge is -2.34. The minimum atomic E-state index is -0.454. The van der Waals surface area contributed by atoms with Gasteiger partial charge in [0.2, 0.25) is 5.91 Å². The number of benzene rings is 1. The largest absolute Gasteiger partial charge is 0.354 e. The van der Waals surface area contributed by atoms with Gasteiger partial charge < -0.3 is 10.2 Å². The molecule has 0 unspecified atom stereocenters. The zero-order valence-electron chi connectivity index (χ0n) is 15.3. The van der Waals surface area contributed by atoms with Crippen LogP contribution in [0, 0.1) is 10.1 Å². The van der Waals surface area contributed by atoms with Gasteiger partial charge in [0.1, 0.15) is 12.0 Å². The Morgan fingerprint density at radius 2 is 1.93 bits per heavy atom. The first-order valence-corrected chi connectivity index (χ1v) is 9.02. The van der Waals surface area contributed by atoms with E-state index < -0.39 is 4.92 Å². The summed E-state index contributed by atoms with van der Waals surface area (Å²) < 4.78 is 0. The molecule has 1 saturated heterocycles. The van der Waals surface area contributed by atoms with Crippen molar-refractivity contribution in [1.29, 1.82) is 0 Å². The van der Waals surface area contributed by atoms with Gasteiger partial charge in [0.15, 0.2) is 0 Å². The number of hydrogen-bond acceptors (Lipinski definition) is 6. The second kappa shape index (κ2) is 8.59. The van der Waals surface area contributed by atoms with Gasteiger partial charge in [0, 0.05) is 37.9 Å². The molecule has 142 valence electrons. The third kappa shape index (κ3) is 4.79. The van der Waals surface area contributed by atoms with Crippen LogP contribution in [-0.4, -0.2) is 53.4 Å². The Morgan fingerprint density at radius 3 is 2.56 bits per heavy atom. The average Bonchev–Trinajstić information content (AvgIpc) is 2.69. The Kier molecular flexibility index (Phi) is 5.97. The molecule has 27 heavy (non-hydrogen) atoms. The van der Waals surface area contributed by atoms with Crippen LogP contribution >= 0.6 is 0 Å². The number of carbonyl (C=O) groups excluding carboxylic acids is 1. The zero-order valence-corrected chi connectivity index (χ0v) is 15.3. The molecule has 2 heterocycles. The van der Waals surface area contributed by atoms with Gasteiger partial charge in [-0.05, 0) is 24.1 Å². The Morgan fingerprint density at radius 1 is 1.19 bits per heavy atom. The summed E-state index contributed by atoms with van der Waals surface area (Å²) in [5, 5.41) is 13.7. The molecule has 1 aromatic heterocycles. The first kappa shape index (κ1) is 18.8. The maximum absolute atomic E-state index is 12.4. The number of pyridine rings is 1. The van der Waals surface area contributed by atoms with Crippen LogP contribution in [0.2, 0.25) is 0 Å². The highest BCUT2D eigenvalue weighted by atomic mass is 16.6. The summed E-state index contributed by atoms with van der Waals surface area (Å²) >= 11 is 0. The van der Waals surface area contributed by atoms with E-state index in [0.717, 1.165) is 49.7 Å². The van der Waals surface area contributed by atoms with Crippen molar-refractivity contribution in [2.75, 3.05) is 42.9 Å². The van der Waals surface area contributed by atoms with Crippen LogP contribution < -0.4 is 10.2 Å². The summed E-state index contributed by atoms with van der Waals surface area (Å²) in [5.74, 6) is 0.708. The number of aromatic nitrogens is 1. The van der Waals surface area contributed by atoms with Gasteiger partial charge in [-0.25, -0.2) is 4.98 Å². The van der Waals surface area contributed by atoms with Crippen molar-refractivity contribution in [2.45, 2.75) is 13.3 Å². The second-order valence-electron chi connectivity index (χ2n) is 6.45. The van der Waals surface area contributed by atoms with Crippen LogP contribution in [-0.2, 0) is 11.2 Å². The number of nitro groups is 1. The van der Waals surface area contributed by atoms with E-state index in [1.54, 1.807) is 6.07 Å². The molecular weight excluding hydrogens is 346 g/mol. The molecule has 2 aromatic rings. The maximum atomic E-state index is 12.4. The fourth-order valence-electron chi connectivity index (χ4n) is 3.15. The molecule has 0 saturated carbocycles. The average molecular weight is 369 g/mol. The number of anilines is 2. The Balaban J connectivity index is 1.50. The highest BCUT2D eigenvalue weighted by molar-refractivity contribution is 5.93. The fraction of sp³-hybridized carbons (Fsp3) is 0.368. The van der Waals surface area contributed by atoms with E-state index in [4.69, 9.17) is 0 Å². The van der Waals surface area contributed by atoms with Crippen LogP contribution in [0.25, 0.3) is 0 Å². The summed E-state index contributed by atoms with van der Waals surface area (Å²) in [4.78, 5) is 31.0. The van der Waals surface area contributed by atoms with Crippen molar-refractivity contribution in [3.8, 4) is 0 Å².